The van der Waals surface area contributed by atoms with Crippen LogP contribution in [0.25, 0.3) is 31.8 Å². The molecule has 0 fully saturated rings. The number of amides is 2. The van der Waals surface area contributed by atoms with Gasteiger partial charge in [-0.05, 0) is 43.7 Å². The number of methoxy groups -OCH3 is 1. The van der Waals surface area contributed by atoms with Crippen LogP contribution in [0.2, 0.25) is 0 Å². The van der Waals surface area contributed by atoms with Gasteiger partial charge in [0, 0.05) is 29.6 Å². The topological polar surface area (TPSA) is 151 Å². The molecule has 0 aliphatic heterocycles. The smallest absolute Gasteiger partial charge is 0.412 e. The van der Waals surface area contributed by atoms with Crippen LogP contribution in [0.1, 0.15) is 23.0 Å². The van der Waals surface area contributed by atoms with E-state index in [-0.39, 0.29) is 23.7 Å². The molecule has 1 atom stereocenters. The van der Waals surface area contributed by atoms with Crippen LogP contribution in [-0.2, 0) is 4.74 Å². The number of nitrogens with one attached hydrogen (secondary N) is 1. The first-order valence-corrected chi connectivity index (χ1v) is 12.8. The lowest BCUT2D eigenvalue weighted by atomic mass is 10.1. The zero-order valence-electron chi connectivity index (χ0n) is 21.6. The van der Waals surface area contributed by atoms with E-state index in [2.05, 4.69) is 25.3 Å². The Morgan fingerprint density at radius 2 is 1.95 bits per heavy atom. The zero-order valence-corrected chi connectivity index (χ0v) is 22.4. The van der Waals surface area contributed by atoms with Crippen molar-refractivity contribution >= 4 is 50.3 Å². The summed E-state index contributed by atoms with van der Waals surface area (Å²) in [5, 5.41) is 3.14. The number of ether oxygens (including phenoxy) is 3. The van der Waals surface area contributed by atoms with Gasteiger partial charge < -0.3 is 19.9 Å². The van der Waals surface area contributed by atoms with E-state index in [4.69, 9.17) is 19.9 Å². The molecule has 0 saturated heterocycles. The molecule has 40 heavy (non-hydrogen) atoms. The number of fused-ring (bicyclic) bond motifs is 2. The Hall–Kier alpha value is -4.91. The first-order chi connectivity index (χ1) is 19.2. The number of aromatic nitrogens is 4. The fourth-order valence-corrected chi connectivity index (χ4v) is 4.87. The molecule has 0 bridgehead atoms. The summed E-state index contributed by atoms with van der Waals surface area (Å²) in [5.74, 6) is -0.928. The Balaban J connectivity index is 1.29. The van der Waals surface area contributed by atoms with E-state index >= 15 is 0 Å². The highest BCUT2D eigenvalue weighted by Gasteiger charge is 2.17. The van der Waals surface area contributed by atoms with E-state index in [9.17, 15) is 14.0 Å². The van der Waals surface area contributed by atoms with Crippen molar-refractivity contribution in [1.29, 1.82) is 0 Å². The molecule has 0 unspecified atom stereocenters. The number of primary amides is 1. The Labute approximate surface area is 231 Å². The van der Waals surface area contributed by atoms with Crippen LogP contribution in [-0.4, -0.2) is 51.8 Å². The summed E-state index contributed by atoms with van der Waals surface area (Å²) in [4.78, 5) is 40.9. The number of hydrogen-bond donors (Lipinski definition) is 2. The maximum atomic E-state index is 14.9. The number of halogens is 1. The molecule has 11 nitrogen and oxygen atoms in total. The van der Waals surface area contributed by atoms with Gasteiger partial charge >= 0.3 is 6.09 Å². The molecule has 2 aromatic carbocycles. The molecule has 3 aromatic heterocycles. The van der Waals surface area contributed by atoms with E-state index in [1.807, 2.05) is 19.1 Å². The molecule has 13 heteroatoms. The molecule has 0 saturated carbocycles. The van der Waals surface area contributed by atoms with Gasteiger partial charge in [-0.15, -0.1) is 11.3 Å². The van der Waals surface area contributed by atoms with Gasteiger partial charge in [0.2, 0.25) is 5.88 Å². The number of anilines is 1. The third-order valence-corrected chi connectivity index (χ3v) is 6.74. The largest absolute Gasteiger partial charge is 0.487 e. The minimum Gasteiger partial charge on any atom is -0.487 e. The molecule has 2 amide bonds. The maximum Gasteiger partial charge on any atom is 0.412 e. The van der Waals surface area contributed by atoms with Crippen molar-refractivity contribution in [2.75, 3.05) is 19.0 Å². The van der Waals surface area contributed by atoms with Crippen molar-refractivity contribution < 1.29 is 28.2 Å². The first kappa shape index (κ1) is 26.7. The first-order valence-electron chi connectivity index (χ1n) is 12.0. The fraction of sp³-hybridized carbons (Fsp3) is 0.185. The predicted molar refractivity (Wildman–Crippen MR) is 147 cm³/mol. The number of aryl methyl sites for hydroxylation is 1. The zero-order chi connectivity index (χ0) is 28.4. The van der Waals surface area contributed by atoms with E-state index in [0.717, 1.165) is 11.1 Å². The fourth-order valence-electron chi connectivity index (χ4n) is 3.88. The monoisotopic (exact) mass is 562 g/mol. The Morgan fingerprint density at radius 3 is 2.73 bits per heavy atom. The quantitative estimate of drug-likeness (QED) is 0.270. The summed E-state index contributed by atoms with van der Waals surface area (Å²) in [7, 11) is 1.53. The number of nitrogens with zero attached hydrogens (tertiary/aromatic N) is 4. The molecule has 0 radical (unpaired) electrons. The van der Waals surface area contributed by atoms with E-state index in [1.165, 1.54) is 42.8 Å². The summed E-state index contributed by atoms with van der Waals surface area (Å²) in [5.41, 5.74) is 9.01. The highest BCUT2D eigenvalue weighted by Crippen LogP contribution is 2.37. The number of carbonyl (C=O) groups excluding carboxylic acids is 2. The number of benzene rings is 2. The van der Waals surface area contributed by atoms with Gasteiger partial charge in [-0.25, -0.2) is 24.1 Å². The minimum atomic E-state index is -0.785. The Morgan fingerprint density at radius 1 is 1.12 bits per heavy atom. The average molecular weight is 563 g/mol. The molecule has 204 valence electrons. The third-order valence-electron chi connectivity index (χ3n) is 5.69. The van der Waals surface area contributed by atoms with Crippen LogP contribution >= 0.6 is 11.3 Å². The molecular formula is C27H23FN6O5S. The number of pyridine rings is 1. The van der Waals surface area contributed by atoms with Gasteiger partial charge in [-0.3, -0.25) is 15.1 Å². The highest BCUT2D eigenvalue weighted by molar-refractivity contribution is 7.21. The summed E-state index contributed by atoms with van der Waals surface area (Å²) >= 11 is 1.37. The highest BCUT2D eigenvalue weighted by atomic mass is 32.1. The molecule has 0 aliphatic carbocycles. The molecule has 0 aliphatic rings. The number of thiazole rings is 1. The molecular weight excluding hydrogens is 539 g/mol. The van der Waals surface area contributed by atoms with Gasteiger partial charge in [0.05, 0.1) is 34.6 Å². The summed E-state index contributed by atoms with van der Waals surface area (Å²) in [6.45, 7) is 3.44. The SMILES string of the molecule is COc1cnc2c(-c3nc4cc(F)c(OC[C@@H](C)OC(=O)Nc5ccnc(C(N)=O)c5)cc4s3)cc(C)cc2n1. The minimum absolute atomic E-state index is 0.00239. The molecule has 3 heterocycles. The lowest BCUT2D eigenvalue weighted by molar-refractivity contribution is 0.0843. The number of rotatable bonds is 8. The normalized spacial score (nSPS) is 11.8. The van der Waals surface area contributed by atoms with Crippen LogP contribution in [0.4, 0.5) is 14.9 Å². The van der Waals surface area contributed by atoms with Crippen LogP contribution in [0.5, 0.6) is 11.6 Å². The molecule has 5 rings (SSSR count). The lowest BCUT2D eigenvalue weighted by Crippen LogP contribution is -2.25. The lowest BCUT2D eigenvalue weighted by Gasteiger charge is -2.15. The van der Waals surface area contributed by atoms with Crippen LogP contribution < -0.4 is 20.5 Å². The van der Waals surface area contributed by atoms with Crippen LogP contribution in [0.3, 0.4) is 0 Å². The van der Waals surface area contributed by atoms with E-state index in [0.29, 0.717) is 32.1 Å². The second-order valence-corrected chi connectivity index (χ2v) is 9.84. The second kappa shape index (κ2) is 11.1. The van der Waals surface area contributed by atoms with Gasteiger partial charge in [0.1, 0.15) is 23.4 Å². The second-order valence-electron chi connectivity index (χ2n) is 8.81. The van der Waals surface area contributed by atoms with Gasteiger partial charge in [-0.2, -0.15) is 0 Å². The van der Waals surface area contributed by atoms with Gasteiger partial charge in [0.15, 0.2) is 11.6 Å². The third kappa shape index (κ3) is 5.73. The maximum absolute atomic E-state index is 14.9. The number of hydrogen-bond acceptors (Lipinski definition) is 10. The van der Waals surface area contributed by atoms with Crippen LogP contribution in [0, 0.1) is 12.7 Å². The number of carbonyl (C=O) groups is 2. The van der Waals surface area contributed by atoms with E-state index in [1.54, 1.807) is 19.2 Å². The molecule has 5 aromatic rings. The van der Waals surface area contributed by atoms with Crippen molar-refractivity contribution in [1.82, 2.24) is 19.9 Å². The van der Waals surface area contributed by atoms with Gasteiger partial charge in [-0.1, -0.05) is 0 Å². The van der Waals surface area contributed by atoms with Crippen molar-refractivity contribution in [3.05, 3.63) is 65.9 Å². The van der Waals surface area contributed by atoms with Crippen molar-refractivity contribution in [3.63, 3.8) is 0 Å². The van der Waals surface area contributed by atoms with E-state index < -0.39 is 23.9 Å². The summed E-state index contributed by atoms with van der Waals surface area (Å²) < 4.78 is 31.7. The van der Waals surface area contributed by atoms with Crippen LogP contribution in [0.15, 0.2) is 48.8 Å². The standard InChI is InChI=1S/C27H23FN6O5S/c1-13-6-16(24-19(7-13)33-23(37-3)11-31-24)26-34-18-9-17(28)21(10-22(18)40-26)38-12-14(2)39-27(36)32-15-4-5-30-20(8-15)25(29)35/h4-11,14H,12H2,1-3H3,(H2,29,35)(H,30,32,36)/t14-/m1/s1. The summed E-state index contributed by atoms with van der Waals surface area (Å²) in [6, 6.07) is 9.53. The average Bonchev–Trinajstić information content (AvgIpc) is 3.33. The number of nitrogens with two attached hydrogens (primary N) is 1. The summed E-state index contributed by atoms with van der Waals surface area (Å²) in [6.07, 6.45) is 1.36. The van der Waals surface area contributed by atoms with Crippen molar-refractivity contribution in [2.24, 2.45) is 5.73 Å². The predicted octanol–water partition coefficient (Wildman–Crippen LogP) is 4.87. The van der Waals surface area contributed by atoms with Gasteiger partial charge in [0.25, 0.3) is 5.91 Å². The van der Waals surface area contributed by atoms with Crippen molar-refractivity contribution in [2.45, 2.75) is 20.0 Å². The Kier molecular flexibility index (Phi) is 7.38. The Bertz CT molecular complexity index is 1760. The molecule has 0 spiro atoms. The van der Waals surface area contributed by atoms with Crippen molar-refractivity contribution in [3.8, 4) is 22.2 Å². The molecule has 3 N–H and O–H groups in total.